The number of halogens is 1. The maximum atomic E-state index is 11.4. The zero-order valence-corrected chi connectivity index (χ0v) is 10.1. The van der Waals surface area contributed by atoms with Crippen LogP contribution in [0.15, 0.2) is 0 Å². The van der Waals surface area contributed by atoms with Crippen molar-refractivity contribution in [1.82, 2.24) is 10.0 Å². The molecule has 1 aliphatic heterocycles. The Morgan fingerprint density at radius 1 is 1.50 bits per heavy atom. The van der Waals surface area contributed by atoms with Crippen molar-refractivity contribution in [3.05, 3.63) is 0 Å². The third-order valence-electron chi connectivity index (χ3n) is 2.12. The van der Waals surface area contributed by atoms with Gasteiger partial charge in [0.2, 0.25) is 10.0 Å². The van der Waals surface area contributed by atoms with Crippen molar-refractivity contribution in [2.45, 2.75) is 32.2 Å². The molecule has 1 fully saturated rings. The molecule has 1 aliphatic rings. The van der Waals surface area contributed by atoms with Crippen LogP contribution in [0.4, 0.5) is 0 Å². The average molecular weight is 243 g/mol. The lowest BCUT2D eigenvalue weighted by molar-refractivity contribution is 0.428. The highest BCUT2D eigenvalue weighted by molar-refractivity contribution is 7.89. The SMILES string of the molecule is CCCS(=O)(=O)N[C@@H]1CCCNC1.Cl. The first kappa shape index (κ1) is 14.2. The van der Waals surface area contributed by atoms with E-state index in [4.69, 9.17) is 0 Å². The zero-order valence-electron chi connectivity index (χ0n) is 8.45. The minimum atomic E-state index is -3.02. The minimum Gasteiger partial charge on any atom is -0.315 e. The minimum absolute atomic E-state index is 0. The third-order valence-corrected chi connectivity index (χ3v) is 3.75. The van der Waals surface area contributed by atoms with Crippen LogP contribution >= 0.6 is 12.4 Å². The van der Waals surface area contributed by atoms with E-state index < -0.39 is 10.0 Å². The molecule has 0 unspecified atom stereocenters. The average Bonchev–Trinajstić information content (AvgIpc) is 2.04. The van der Waals surface area contributed by atoms with E-state index >= 15 is 0 Å². The van der Waals surface area contributed by atoms with Crippen molar-refractivity contribution >= 4 is 22.4 Å². The second-order valence-electron chi connectivity index (χ2n) is 3.48. The van der Waals surface area contributed by atoms with Gasteiger partial charge in [0, 0.05) is 12.6 Å². The summed E-state index contributed by atoms with van der Waals surface area (Å²) in [4.78, 5) is 0. The fourth-order valence-corrected chi connectivity index (χ4v) is 2.90. The van der Waals surface area contributed by atoms with Gasteiger partial charge in [0.25, 0.3) is 0 Å². The number of piperidine rings is 1. The molecule has 6 heteroatoms. The fraction of sp³-hybridized carbons (Fsp3) is 1.00. The lowest BCUT2D eigenvalue weighted by atomic mass is 10.1. The molecule has 1 rings (SSSR count). The van der Waals surface area contributed by atoms with Crippen molar-refractivity contribution in [3.8, 4) is 0 Å². The summed E-state index contributed by atoms with van der Waals surface area (Å²) in [5.74, 6) is 0.240. The van der Waals surface area contributed by atoms with Crippen LogP contribution in [-0.2, 0) is 10.0 Å². The van der Waals surface area contributed by atoms with Crippen molar-refractivity contribution in [2.24, 2.45) is 0 Å². The molecule has 0 bridgehead atoms. The molecule has 0 aliphatic carbocycles. The number of nitrogens with one attached hydrogen (secondary N) is 2. The molecule has 1 heterocycles. The van der Waals surface area contributed by atoms with Gasteiger partial charge in [-0.25, -0.2) is 13.1 Å². The van der Waals surface area contributed by atoms with Crippen LogP contribution in [-0.4, -0.2) is 33.3 Å². The second kappa shape index (κ2) is 6.61. The first-order valence-electron chi connectivity index (χ1n) is 4.85. The van der Waals surface area contributed by atoms with E-state index in [-0.39, 0.29) is 24.2 Å². The molecule has 14 heavy (non-hydrogen) atoms. The first-order chi connectivity index (χ1) is 6.14. The molecule has 1 saturated heterocycles. The summed E-state index contributed by atoms with van der Waals surface area (Å²) in [7, 11) is -3.02. The van der Waals surface area contributed by atoms with E-state index in [1.807, 2.05) is 6.92 Å². The normalized spacial score (nSPS) is 22.8. The highest BCUT2D eigenvalue weighted by Crippen LogP contribution is 2.03. The molecular formula is C8H19ClN2O2S. The van der Waals surface area contributed by atoms with Gasteiger partial charge in [0.15, 0.2) is 0 Å². The molecule has 1 atom stereocenters. The van der Waals surface area contributed by atoms with Gasteiger partial charge in [-0.15, -0.1) is 12.4 Å². The fourth-order valence-electron chi connectivity index (χ4n) is 1.53. The lowest BCUT2D eigenvalue weighted by Gasteiger charge is -2.23. The predicted octanol–water partition coefficient (Wildman–Crippen LogP) is 0.490. The van der Waals surface area contributed by atoms with Gasteiger partial charge < -0.3 is 5.32 Å². The summed E-state index contributed by atoms with van der Waals surface area (Å²) in [5.41, 5.74) is 0. The molecule has 0 aromatic rings. The highest BCUT2D eigenvalue weighted by atomic mass is 35.5. The maximum Gasteiger partial charge on any atom is 0.211 e. The van der Waals surface area contributed by atoms with Crippen molar-refractivity contribution < 1.29 is 8.42 Å². The molecule has 2 N–H and O–H groups in total. The van der Waals surface area contributed by atoms with Crippen LogP contribution in [0, 0.1) is 0 Å². The Morgan fingerprint density at radius 3 is 2.71 bits per heavy atom. The first-order valence-corrected chi connectivity index (χ1v) is 6.50. The summed E-state index contributed by atoms with van der Waals surface area (Å²) in [6, 6.07) is 0.102. The smallest absolute Gasteiger partial charge is 0.211 e. The van der Waals surface area contributed by atoms with Gasteiger partial charge in [-0.05, 0) is 25.8 Å². The van der Waals surface area contributed by atoms with E-state index in [1.165, 1.54) is 0 Å². The summed E-state index contributed by atoms with van der Waals surface area (Å²) >= 11 is 0. The molecule has 0 aromatic heterocycles. The zero-order chi connectivity index (χ0) is 9.73. The third kappa shape index (κ3) is 5.14. The Morgan fingerprint density at radius 2 is 2.21 bits per heavy atom. The van der Waals surface area contributed by atoms with Crippen LogP contribution < -0.4 is 10.0 Å². The number of sulfonamides is 1. The summed E-state index contributed by atoms with van der Waals surface area (Å²) in [6.07, 6.45) is 2.69. The molecule has 0 radical (unpaired) electrons. The van der Waals surface area contributed by atoms with Gasteiger partial charge in [-0.2, -0.15) is 0 Å². The summed E-state index contributed by atoms with van der Waals surface area (Å²) in [5, 5.41) is 3.17. The largest absolute Gasteiger partial charge is 0.315 e. The molecular weight excluding hydrogens is 224 g/mol. The van der Waals surface area contributed by atoms with Crippen molar-refractivity contribution in [2.75, 3.05) is 18.8 Å². The number of rotatable bonds is 4. The number of hydrogen-bond donors (Lipinski definition) is 2. The van der Waals surface area contributed by atoms with Crippen LogP contribution in [0.5, 0.6) is 0 Å². The van der Waals surface area contributed by atoms with Crippen molar-refractivity contribution in [1.29, 1.82) is 0 Å². The molecule has 86 valence electrons. The quantitative estimate of drug-likeness (QED) is 0.755. The topological polar surface area (TPSA) is 58.2 Å². The summed E-state index contributed by atoms with van der Waals surface area (Å²) < 4.78 is 25.4. The Hall–Kier alpha value is 0.160. The van der Waals surface area contributed by atoms with Gasteiger partial charge in [0.1, 0.15) is 0 Å². The van der Waals surface area contributed by atoms with E-state index in [2.05, 4.69) is 10.0 Å². The Balaban J connectivity index is 0.00000169. The molecule has 0 saturated carbocycles. The Bertz CT molecular complexity index is 238. The molecule has 4 nitrogen and oxygen atoms in total. The molecule has 0 aromatic carbocycles. The van der Waals surface area contributed by atoms with Gasteiger partial charge in [0.05, 0.1) is 5.75 Å². The van der Waals surface area contributed by atoms with E-state index in [0.717, 1.165) is 25.9 Å². The second-order valence-corrected chi connectivity index (χ2v) is 5.35. The van der Waals surface area contributed by atoms with E-state index in [1.54, 1.807) is 0 Å². The number of hydrogen-bond acceptors (Lipinski definition) is 3. The van der Waals surface area contributed by atoms with Crippen LogP contribution in [0.25, 0.3) is 0 Å². The van der Waals surface area contributed by atoms with Gasteiger partial charge in [-0.1, -0.05) is 6.92 Å². The van der Waals surface area contributed by atoms with Gasteiger partial charge >= 0.3 is 0 Å². The predicted molar refractivity (Wildman–Crippen MR) is 60.4 cm³/mol. The molecule has 0 amide bonds. The maximum absolute atomic E-state index is 11.4. The van der Waals surface area contributed by atoms with Gasteiger partial charge in [-0.3, -0.25) is 0 Å². The summed E-state index contributed by atoms with van der Waals surface area (Å²) in [6.45, 7) is 3.65. The van der Waals surface area contributed by atoms with Crippen LogP contribution in [0.1, 0.15) is 26.2 Å². The monoisotopic (exact) mass is 242 g/mol. The molecule has 0 spiro atoms. The van der Waals surface area contributed by atoms with Crippen molar-refractivity contribution in [3.63, 3.8) is 0 Å². The Kier molecular flexibility index (Phi) is 6.68. The van der Waals surface area contributed by atoms with Crippen LogP contribution in [0.2, 0.25) is 0 Å². The van der Waals surface area contributed by atoms with E-state index in [9.17, 15) is 8.42 Å². The standard InChI is InChI=1S/C8H18N2O2S.ClH/c1-2-6-13(11,12)10-8-4-3-5-9-7-8;/h8-10H,2-7H2,1H3;1H/t8-;/m1./s1. The van der Waals surface area contributed by atoms with E-state index in [0.29, 0.717) is 6.42 Å². The lowest BCUT2D eigenvalue weighted by Crippen LogP contribution is -2.46. The van der Waals surface area contributed by atoms with Crippen LogP contribution in [0.3, 0.4) is 0 Å². The highest BCUT2D eigenvalue weighted by Gasteiger charge is 2.18. The Labute approximate surface area is 92.3 Å².